The van der Waals surface area contributed by atoms with Gasteiger partial charge in [0.1, 0.15) is 6.04 Å². The molecule has 1 aliphatic heterocycles. The van der Waals surface area contributed by atoms with Gasteiger partial charge in [-0.05, 0) is 43.4 Å². The van der Waals surface area contributed by atoms with Gasteiger partial charge in [-0.3, -0.25) is 9.59 Å². The Balaban J connectivity index is 1.75. The molecule has 1 aromatic rings. The molecule has 0 bridgehead atoms. The number of halogens is 2. The van der Waals surface area contributed by atoms with E-state index < -0.39 is 11.9 Å². The Bertz CT molecular complexity index is 664. The SMILES string of the molecule is CC(C)C(NC(=O)c1ccc(Cl)cc1Cl)C(=O)NCCCOCC1CCCO1. The fraction of sp³-hybridized carbons (Fsp3) is 0.600. The third-order valence-electron chi connectivity index (χ3n) is 4.50. The Labute approximate surface area is 176 Å². The summed E-state index contributed by atoms with van der Waals surface area (Å²) in [7, 11) is 0. The van der Waals surface area contributed by atoms with E-state index in [4.69, 9.17) is 32.7 Å². The van der Waals surface area contributed by atoms with E-state index in [1.165, 1.54) is 6.07 Å². The highest BCUT2D eigenvalue weighted by molar-refractivity contribution is 6.36. The molecule has 1 fully saturated rings. The fourth-order valence-electron chi connectivity index (χ4n) is 2.91. The molecular formula is C20H28Cl2N2O4. The number of amides is 2. The van der Waals surface area contributed by atoms with Gasteiger partial charge in [-0.25, -0.2) is 0 Å². The highest BCUT2D eigenvalue weighted by Gasteiger charge is 2.25. The van der Waals surface area contributed by atoms with Crippen LogP contribution in [0, 0.1) is 5.92 Å². The molecule has 1 saturated heterocycles. The van der Waals surface area contributed by atoms with Gasteiger partial charge < -0.3 is 20.1 Å². The van der Waals surface area contributed by atoms with Crippen molar-refractivity contribution in [1.29, 1.82) is 0 Å². The van der Waals surface area contributed by atoms with Gasteiger partial charge >= 0.3 is 0 Å². The summed E-state index contributed by atoms with van der Waals surface area (Å²) in [6.45, 7) is 6.19. The Morgan fingerprint density at radius 2 is 2.11 bits per heavy atom. The minimum absolute atomic E-state index is 0.0780. The smallest absolute Gasteiger partial charge is 0.253 e. The summed E-state index contributed by atoms with van der Waals surface area (Å²) in [4.78, 5) is 25.0. The van der Waals surface area contributed by atoms with Crippen LogP contribution in [0.2, 0.25) is 10.0 Å². The maximum absolute atomic E-state index is 12.5. The lowest BCUT2D eigenvalue weighted by atomic mass is 10.0. The number of hydrogen-bond donors (Lipinski definition) is 2. The van der Waals surface area contributed by atoms with Crippen molar-refractivity contribution in [2.24, 2.45) is 5.92 Å². The van der Waals surface area contributed by atoms with E-state index in [1.54, 1.807) is 12.1 Å². The molecule has 1 heterocycles. The molecule has 1 aliphatic rings. The van der Waals surface area contributed by atoms with Gasteiger partial charge in [0.05, 0.1) is 23.3 Å². The van der Waals surface area contributed by atoms with Crippen molar-refractivity contribution in [3.8, 4) is 0 Å². The molecule has 156 valence electrons. The van der Waals surface area contributed by atoms with Gasteiger partial charge in [-0.15, -0.1) is 0 Å². The van der Waals surface area contributed by atoms with Crippen molar-refractivity contribution in [2.75, 3.05) is 26.4 Å². The standard InChI is InChI=1S/C20H28Cl2N2O4/c1-13(2)18(24-19(25)16-7-6-14(21)11-17(16)22)20(26)23-8-4-9-27-12-15-5-3-10-28-15/h6-7,11,13,15,18H,3-5,8-10,12H2,1-2H3,(H,23,26)(H,24,25). The third kappa shape index (κ3) is 7.24. The molecule has 2 unspecified atom stereocenters. The average molecular weight is 431 g/mol. The van der Waals surface area contributed by atoms with Crippen molar-refractivity contribution in [3.05, 3.63) is 33.8 Å². The second-order valence-corrected chi connectivity index (χ2v) is 8.02. The summed E-state index contributed by atoms with van der Waals surface area (Å²) in [5.41, 5.74) is 0.284. The van der Waals surface area contributed by atoms with Crippen LogP contribution in [0.5, 0.6) is 0 Å². The van der Waals surface area contributed by atoms with E-state index in [1.807, 2.05) is 13.8 Å². The zero-order valence-electron chi connectivity index (χ0n) is 16.3. The first-order valence-electron chi connectivity index (χ1n) is 9.61. The number of carbonyl (C=O) groups is 2. The number of hydrogen-bond acceptors (Lipinski definition) is 4. The lowest BCUT2D eigenvalue weighted by Gasteiger charge is -2.22. The first-order valence-corrected chi connectivity index (χ1v) is 10.4. The van der Waals surface area contributed by atoms with E-state index in [9.17, 15) is 9.59 Å². The predicted octanol–water partition coefficient (Wildman–Crippen LogP) is 3.45. The van der Waals surface area contributed by atoms with Crippen LogP contribution in [0.25, 0.3) is 0 Å². The number of carbonyl (C=O) groups excluding carboxylic acids is 2. The lowest BCUT2D eigenvalue weighted by Crippen LogP contribution is -2.50. The molecule has 8 heteroatoms. The first-order chi connectivity index (χ1) is 13.4. The monoisotopic (exact) mass is 430 g/mol. The van der Waals surface area contributed by atoms with E-state index in [0.29, 0.717) is 31.2 Å². The van der Waals surface area contributed by atoms with Crippen LogP contribution in [-0.4, -0.2) is 50.3 Å². The molecule has 28 heavy (non-hydrogen) atoms. The van der Waals surface area contributed by atoms with Crippen molar-refractivity contribution in [1.82, 2.24) is 10.6 Å². The minimum atomic E-state index is -0.660. The molecule has 2 amide bonds. The van der Waals surface area contributed by atoms with Crippen LogP contribution in [0.15, 0.2) is 18.2 Å². The number of benzene rings is 1. The van der Waals surface area contributed by atoms with Gasteiger partial charge in [0, 0.05) is 24.8 Å². The largest absolute Gasteiger partial charge is 0.379 e. The molecule has 0 aliphatic carbocycles. The number of nitrogens with one attached hydrogen (secondary N) is 2. The zero-order valence-corrected chi connectivity index (χ0v) is 17.8. The summed E-state index contributed by atoms with van der Waals surface area (Å²) < 4.78 is 11.1. The van der Waals surface area contributed by atoms with Crippen molar-refractivity contribution < 1.29 is 19.1 Å². The Morgan fingerprint density at radius 3 is 2.75 bits per heavy atom. The van der Waals surface area contributed by atoms with E-state index in [0.717, 1.165) is 19.4 Å². The van der Waals surface area contributed by atoms with Gasteiger partial charge in [0.2, 0.25) is 5.91 Å². The summed E-state index contributed by atoms with van der Waals surface area (Å²) in [6.07, 6.45) is 3.03. The number of rotatable bonds is 10. The highest BCUT2D eigenvalue weighted by atomic mass is 35.5. The maximum atomic E-state index is 12.5. The van der Waals surface area contributed by atoms with Crippen LogP contribution < -0.4 is 10.6 Å². The van der Waals surface area contributed by atoms with E-state index in [-0.39, 0.29) is 28.5 Å². The van der Waals surface area contributed by atoms with Gasteiger partial charge in [0.15, 0.2) is 0 Å². The third-order valence-corrected chi connectivity index (χ3v) is 5.05. The zero-order chi connectivity index (χ0) is 20.5. The molecule has 0 spiro atoms. The highest BCUT2D eigenvalue weighted by Crippen LogP contribution is 2.21. The van der Waals surface area contributed by atoms with Crippen LogP contribution in [0.4, 0.5) is 0 Å². The molecule has 0 saturated carbocycles. The average Bonchev–Trinajstić information content (AvgIpc) is 3.15. The van der Waals surface area contributed by atoms with Crippen LogP contribution >= 0.6 is 23.2 Å². The Kier molecular flexibility index (Phi) is 9.51. The summed E-state index contributed by atoms with van der Waals surface area (Å²) in [5.74, 6) is -0.714. The van der Waals surface area contributed by atoms with Crippen LogP contribution in [0.3, 0.4) is 0 Å². The fourth-order valence-corrected chi connectivity index (χ4v) is 3.41. The van der Waals surface area contributed by atoms with Crippen LogP contribution in [0.1, 0.15) is 43.5 Å². The second-order valence-electron chi connectivity index (χ2n) is 7.17. The second kappa shape index (κ2) is 11.6. The molecule has 2 N–H and O–H groups in total. The molecular weight excluding hydrogens is 403 g/mol. The summed E-state index contributed by atoms with van der Waals surface area (Å²) >= 11 is 11.9. The molecule has 2 atom stereocenters. The van der Waals surface area contributed by atoms with E-state index >= 15 is 0 Å². The Morgan fingerprint density at radius 1 is 1.32 bits per heavy atom. The summed E-state index contributed by atoms with van der Waals surface area (Å²) in [5, 5.41) is 6.30. The molecule has 6 nitrogen and oxygen atoms in total. The van der Waals surface area contributed by atoms with Gasteiger partial charge in [-0.1, -0.05) is 37.0 Å². The van der Waals surface area contributed by atoms with Gasteiger partial charge in [-0.2, -0.15) is 0 Å². The molecule has 0 aromatic heterocycles. The van der Waals surface area contributed by atoms with Crippen molar-refractivity contribution in [2.45, 2.75) is 45.3 Å². The maximum Gasteiger partial charge on any atom is 0.253 e. The Hall–Kier alpha value is -1.34. The summed E-state index contributed by atoms with van der Waals surface area (Å²) in [6, 6.07) is 3.97. The first kappa shape index (κ1) is 22.9. The van der Waals surface area contributed by atoms with Crippen molar-refractivity contribution >= 4 is 35.0 Å². The number of ether oxygens (including phenoxy) is 2. The predicted molar refractivity (Wildman–Crippen MR) is 110 cm³/mol. The lowest BCUT2D eigenvalue weighted by molar-refractivity contribution is -0.124. The topological polar surface area (TPSA) is 76.7 Å². The van der Waals surface area contributed by atoms with Crippen LogP contribution in [-0.2, 0) is 14.3 Å². The van der Waals surface area contributed by atoms with Gasteiger partial charge in [0.25, 0.3) is 5.91 Å². The van der Waals surface area contributed by atoms with Crippen molar-refractivity contribution in [3.63, 3.8) is 0 Å². The molecule has 0 radical (unpaired) electrons. The quantitative estimate of drug-likeness (QED) is 0.557. The van der Waals surface area contributed by atoms with E-state index in [2.05, 4.69) is 10.6 Å². The molecule has 2 rings (SSSR count). The normalized spacial score (nSPS) is 17.5. The molecule has 1 aromatic carbocycles. The minimum Gasteiger partial charge on any atom is -0.379 e.